The van der Waals surface area contributed by atoms with Crippen LogP contribution in [0.3, 0.4) is 0 Å². The molecule has 4 heteroatoms. The summed E-state index contributed by atoms with van der Waals surface area (Å²) < 4.78 is 13.6. The van der Waals surface area contributed by atoms with Crippen molar-refractivity contribution in [1.82, 2.24) is 0 Å². The summed E-state index contributed by atoms with van der Waals surface area (Å²) in [4.78, 5) is 1.84. The molecule has 1 rings (SSSR count). The van der Waals surface area contributed by atoms with Crippen molar-refractivity contribution in [3.63, 3.8) is 0 Å². The highest BCUT2D eigenvalue weighted by Gasteiger charge is 2.11. The van der Waals surface area contributed by atoms with Crippen LogP contribution < -0.4 is 4.90 Å². The van der Waals surface area contributed by atoms with E-state index in [0.717, 1.165) is 12.3 Å². The molecular formula is C11H16FNOS. The standard InChI is InChI=1S/C11H16FNOS/c1-13(6-7-15-2)11-9(8-14)4-3-5-10(11)12/h3-5,14H,6-8H2,1-2H3. The van der Waals surface area contributed by atoms with Crippen LogP contribution in [-0.4, -0.2) is 30.7 Å². The lowest BCUT2D eigenvalue weighted by molar-refractivity contribution is 0.281. The molecule has 0 atom stereocenters. The van der Waals surface area contributed by atoms with Crippen LogP contribution >= 0.6 is 11.8 Å². The predicted molar refractivity (Wildman–Crippen MR) is 64.0 cm³/mol. The van der Waals surface area contributed by atoms with Crippen LogP contribution in [0.4, 0.5) is 10.1 Å². The first-order chi connectivity index (χ1) is 7.20. The first-order valence-electron chi connectivity index (χ1n) is 4.79. The number of rotatable bonds is 5. The minimum atomic E-state index is -0.273. The summed E-state index contributed by atoms with van der Waals surface area (Å²) in [5.41, 5.74) is 1.15. The Bertz CT molecular complexity index is 319. The van der Waals surface area contributed by atoms with Gasteiger partial charge in [0, 0.05) is 24.9 Å². The van der Waals surface area contributed by atoms with Crippen LogP contribution in [0.1, 0.15) is 5.56 Å². The Balaban J connectivity index is 2.90. The monoisotopic (exact) mass is 229 g/mol. The van der Waals surface area contributed by atoms with Crippen LogP contribution in [0.2, 0.25) is 0 Å². The van der Waals surface area contributed by atoms with Crippen molar-refractivity contribution < 1.29 is 9.50 Å². The highest BCUT2D eigenvalue weighted by atomic mass is 32.2. The van der Waals surface area contributed by atoms with E-state index in [1.54, 1.807) is 23.9 Å². The predicted octanol–water partition coefficient (Wildman–Crippen LogP) is 2.12. The van der Waals surface area contributed by atoms with E-state index >= 15 is 0 Å². The molecule has 0 unspecified atom stereocenters. The molecule has 2 nitrogen and oxygen atoms in total. The minimum absolute atomic E-state index is 0.128. The second kappa shape index (κ2) is 5.98. The fourth-order valence-electron chi connectivity index (χ4n) is 1.46. The summed E-state index contributed by atoms with van der Waals surface area (Å²) in [5, 5.41) is 9.12. The molecule has 0 aliphatic rings. The molecule has 1 aromatic carbocycles. The van der Waals surface area contributed by atoms with Gasteiger partial charge in [0.1, 0.15) is 5.82 Å². The third-order valence-electron chi connectivity index (χ3n) is 2.25. The number of aliphatic hydroxyl groups excluding tert-OH is 1. The molecule has 0 radical (unpaired) electrons. The lowest BCUT2D eigenvalue weighted by Gasteiger charge is -2.22. The summed E-state index contributed by atoms with van der Waals surface area (Å²) in [7, 11) is 1.84. The van der Waals surface area contributed by atoms with Crippen LogP contribution in [0.5, 0.6) is 0 Å². The van der Waals surface area contributed by atoms with Gasteiger partial charge in [-0.15, -0.1) is 0 Å². The molecule has 0 fully saturated rings. The average molecular weight is 229 g/mol. The molecule has 0 amide bonds. The minimum Gasteiger partial charge on any atom is -0.392 e. The maximum Gasteiger partial charge on any atom is 0.146 e. The Labute approximate surface area is 94.1 Å². The van der Waals surface area contributed by atoms with Crippen molar-refractivity contribution in [2.75, 3.05) is 30.5 Å². The second-order valence-electron chi connectivity index (χ2n) is 3.32. The fourth-order valence-corrected chi connectivity index (χ4v) is 1.91. The van der Waals surface area contributed by atoms with E-state index in [1.807, 2.05) is 18.2 Å². The van der Waals surface area contributed by atoms with Crippen LogP contribution in [0, 0.1) is 5.82 Å². The van der Waals surface area contributed by atoms with E-state index in [1.165, 1.54) is 6.07 Å². The normalized spacial score (nSPS) is 10.4. The zero-order valence-corrected chi connectivity index (χ0v) is 9.85. The lowest BCUT2D eigenvalue weighted by Crippen LogP contribution is -2.22. The van der Waals surface area contributed by atoms with Gasteiger partial charge in [-0.1, -0.05) is 12.1 Å². The molecule has 0 bridgehead atoms. The molecule has 0 aliphatic heterocycles. The first kappa shape index (κ1) is 12.3. The molecule has 1 N–H and O–H groups in total. The summed E-state index contributed by atoms with van der Waals surface area (Å²) >= 11 is 1.72. The third-order valence-corrected chi connectivity index (χ3v) is 2.84. The van der Waals surface area contributed by atoms with Gasteiger partial charge in [-0.05, 0) is 12.3 Å². The Morgan fingerprint density at radius 1 is 1.47 bits per heavy atom. The number of hydrogen-bond donors (Lipinski definition) is 1. The van der Waals surface area contributed by atoms with E-state index in [9.17, 15) is 4.39 Å². The van der Waals surface area contributed by atoms with Crippen LogP contribution in [0.15, 0.2) is 18.2 Å². The summed E-state index contributed by atoms with van der Waals surface area (Å²) in [6, 6.07) is 4.78. The topological polar surface area (TPSA) is 23.5 Å². The maximum atomic E-state index is 13.6. The van der Waals surface area contributed by atoms with E-state index < -0.39 is 0 Å². The average Bonchev–Trinajstić information content (AvgIpc) is 2.25. The summed E-state index contributed by atoms with van der Waals surface area (Å²) in [5.74, 6) is 0.667. The van der Waals surface area contributed by atoms with E-state index in [0.29, 0.717) is 11.3 Å². The van der Waals surface area contributed by atoms with E-state index in [-0.39, 0.29) is 12.4 Å². The van der Waals surface area contributed by atoms with Gasteiger partial charge in [0.15, 0.2) is 0 Å². The van der Waals surface area contributed by atoms with Crippen LogP contribution in [-0.2, 0) is 6.61 Å². The molecule has 0 aromatic heterocycles. The lowest BCUT2D eigenvalue weighted by atomic mass is 10.1. The fraction of sp³-hybridized carbons (Fsp3) is 0.455. The van der Waals surface area contributed by atoms with Crippen molar-refractivity contribution in [1.29, 1.82) is 0 Å². The molecule has 0 saturated heterocycles. The number of hydrogen-bond acceptors (Lipinski definition) is 3. The zero-order chi connectivity index (χ0) is 11.3. The van der Waals surface area contributed by atoms with Crippen LogP contribution in [0.25, 0.3) is 0 Å². The SMILES string of the molecule is CSCCN(C)c1c(F)cccc1CO. The molecule has 0 heterocycles. The molecule has 0 spiro atoms. The molecule has 15 heavy (non-hydrogen) atoms. The summed E-state index contributed by atoms with van der Waals surface area (Å²) in [6.07, 6.45) is 2.02. The molecule has 0 saturated carbocycles. The number of anilines is 1. The Kier molecular flexibility index (Phi) is 4.91. The first-order valence-corrected chi connectivity index (χ1v) is 6.18. The van der Waals surface area contributed by atoms with Gasteiger partial charge in [0.05, 0.1) is 12.3 Å². The van der Waals surface area contributed by atoms with Gasteiger partial charge in [-0.25, -0.2) is 4.39 Å². The van der Waals surface area contributed by atoms with Crippen molar-refractivity contribution in [3.05, 3.63) is 29.6 Å². The number of thioether (sulfide) groups is 1. The second-order valence-corrected chi connectivity index (χ2v) is 4.31. The van der Waals surface area contributed by atoms with Crippen molar-refractivity contribution in [2.24, 2.45) is 0 Å². The van der Waals surface area contributed by atoms with Crippen molar-refractivity contribution in [3.8, 4) is 0 Å². The zero-order valence-electron chi connectivity index (χ0n) is 9.03. The highest BCUT2D eigenvalue weighted by molar-refractivity contribution is 7.98. The van der Waals surface area contributed by atoms with Crippen molar-refractivity contribution >= 4 is 17.4 Å². The maximum absolute atomic E-state index is 13.6. The quantitative estimate of drug-likeness (QED) is 0.836. The molecule has 0 aliphatic carbocycles. The highest BCUT2D eigenvalue weighted by Crippen LogP contribution is 2.23. The Hall–Kier alpha value is -0.740. The van der Waals surface area contributed by atoms with Gasteiger partial charge < -0.3 is 10.0 Å². The van der Waals surface area contributed by atoms with Gasteiger partial charge in [-0.2, -0.15) is 11.8 Å². The molecular weight excluding hydrogens is 213 g/mol. The van der Waals surface area contributed by atoms with Gasteiger partial charge in [0.2, 0.25) is 0 Å². The number of nitrogens with zero attached hydrogens (tertiary/aromatic N) is 1. The summed E-state index contributed by atoms with van der Waals surface area (Å²) in [6.45, 7) is 0.645. The Morgan fingerprint density at radius 3 is 2.80 bits per heavy atom. The molecule has 1 aromatic rings. The number of halogens is 1. The largest absolute Gasteiger partial charge is 0.392 e. The molecule has 84 valence electrons. The van der Waals surface area contributed by atoms with E-state index in [4.69, 9.17) is 5.11 Å². The smallest absolute Gasteiger partial charge is 0.146 e. The number of benzene rings is 1. The van der Waals surface area contributed by atoms with Gasteiger partial charge in [-0.3, -0.25) is 0 Å². The van der Waals surface area contributed by atoms with E-state index in [2.05, 4.69) is 0 Å². The van der Waals surface area contributed by atoms with Gasteiger partial charge in [0.25, 0.3) is 0 Å². The Morgan fingerprint density at radius 2 is 2.20 bits per heavy atom. The number of aliphatic hydroxyl groups is 1. The third kappa shape index (κ3) is 3.11. The number of para-hydroxylation sites is 1. The van der Waals surface area contributed by atoms with Crippen molar-refractivity contribution in [2.45, 2.75) is 6.61 Å². The van der Waals surface area contributed by atoms with Gasteiger partial charge >= 0.3 is 0 Å².